The average Bonchev–Trinajstić information content (AvgIpc) is 2.81. The van der Waals surface area contributed by atoms with Crippen LogP contribution in [0.5, 0.6) is 0 Å². The number of piperidine rings is 1. The highest BCUT2D eigenvalue weighted by Gasteiger charge is 2.34. The third-order valence-corrected chi connectivity index (χ3v) is 7.39. The Morgan fingerprint density at radius 2 is 2.04 bits per heavy atom. The third kappa shape index (κ3) is 3.24. The SMILES string of the molecule is [3H]C(=O)N1CCC(C2c3ccc(C)c(Br)c3CCc3cc(Br)cnc32)CC1. The van der Waals surface area contributed by atoms with Gasteiger partial charge < -0.3 is 4.90 Å². The quantitative estimate of drug-likeness (QED) is 0.538. The molecule has 0 N–H and O–H groups in total. The molecule has 1 aliphatic heterocycles. The Morgan fingerprint density at radius 3 is 2.77 bits per heavy atom. The van der Waals surface area contributed by atoms with Crippen LogP contribution in [0.3, 0.4) is 0 Å². The molecule has 4 rings (SSSR count). The molecule has 1 amide bonds. The summed E-state index contributed by atoms with van der Waals surface area (Å²) in [5.74, 6) is 0.671. The molecule has 5 heteroatoms. The van der Waals surface area contributed by atoms with Crippen LogP contribution in [-0.4, -0.2) is 29.4 Å². The van der Waals surface area contributed by atoms with Gasteiger partial charge in [0.05, 0.1) is 5.69 Å². The van der Waals surface area contributed by atoms with Crippen molar-refractivity contribution in [1.82, 2.24) is 9.88 Å². The van der Waals surface area contributed by atoms with Gasteiger partial charge in [0.25, 0.3) is 0 Å². The van der Waals surface area contributed by atoms with Gasteiger partial charge in [-0.05, 0) is 82.8 Å². The molecular formula is C21H22Br2N2O. The van der Waals surface area contributed by atoms with Gasteiger partial charge in [-0.15, -0.1) is 0 Å². The van der Waals surface area contributed by atoms with E-state index in [1.165, 1.54) is 32.4 Å². The van der Waals surface area contributed by atoms with E-state index in [0.29, 0.717) is 19.0 Å². The number of carbonyl (C=O) groups excluding carboxylic acids is 1. The van der Waals surface area contributed by atoms with E-state index in [1.54, 1.807) is 4.90 Å². The predicted octanol–water partition coefficient (Wildman–Crippen LogP) is 5.01. The summed E-state index contributed by atoms with van der Waals surface area (Å²) in [5, 5.41) is 0. The van der Waals surface area contributed by atoms with Crippen LogP contribution in [0.4, 0.5) is 0 Å². The molecule has 2 aliphatic rings. The Morgan fingerprint density at radius 1 is 1.27 bits per heavy atom. The highest BCUT2D eigenvalue weighted by Crippen LogP contribution is 2.44. The van der Waals surface area contributed by atoms with E-state index in [9.17, 15) is 4.79 Å². The van der Waals surface area contributed by atoms with Crippen molar-refractivity contribution < 1.29 is 6.17 Å². The van der Waals surface area contributed by atoms with E-state index in [0.717, 1.165) is 30.2 Å². The van der Waals surface area contributed by atoms with Crippen LogP contribution in [0, 0.1) is 12.8 Å². The van der Waals surface area contributed by atoms with E-state index in [1.807, 2.05) is 6.20 Å². The number of halogens is 2. The lowest BCUT2D eigenvalue weighted by atomic mass is 9.76. The van der Waals surface area contributed by atoms with Gasteiger partial charge in [-0.3, -0.25) is 9.78 Å². The van der Waals surface area contributed by atoms with Crippen LogP contribution in [-0.2, 0) is 17.6 Å². The third-order valence-electron chi connectivity index (χ3n) is 5.85. The number of carbonyl (C=O) groups is 1. The molecule has 26 heavy (non-hydrogen) atoms. The Hall–Kier alpha value is -1.20. The Kier molecular flexibility index (Phi) is 4.84. The van der Waals surface area contributed by atoms with Crippen molar-refractivity contribution in [3.8, 4) is 0 Å². The smallest absolute Gasteiger partial charge is 0.209 e. The summed E-state index contributed by atoms with van der Waals surface area (Å²) >= 11 is 7.41. The normalized spacial score (nSPS) is 20.8. The summed E-state index contributed by atoms with van der Waals surface area (Å²) in [6.07, 6.45) is 5.16. The van der Waals surface area contributed by atoms with E-state index in [4.69, 9.17) is 6.35 Å². The van der Waals surface area contributed by atoms with Crippen molar-refractivity contribution in [2.45, 2.75) is 38.5 Å². The maximum Gasteiger partial charge on any atom is 0.209 e. The number of nitrogens with zero attached hydrogens (tertiary/aromatic N) is 2. The molecule has 1 aliphatic carbocycles. The standard InChI is InChI=1S/C21H22Br2N2O/c1-13-2-4-17-18(20(13)23)5-3-15-10-16(22)11-24-21(15)19(17)14-6-8-25(12-26)9-7-14/h2,4,10-12,14,19H,3,5-9H2,1H3/i12T. The second kappa shape index (κ2) is 7.43. The van der Waals surface area contributed by atoms with Crippen LogP contribution in [0.25, 0.3) is 0 Å². The molecule has 1 atom stereocenters. The van der Waals surface area contributed by atoms with E-state index in [2.05, 4.69) is 57.0 Å². The van der Waals surface area contributed by atoms with Crippen LogP contribution in [0.2, 0.25) is 0 Å². The van der Waals surface area contributed by atoms with Crippen LogP contribution in [0.1, 0.15) is 48.1 Å². The molecule has 1 fully saturated rings. The molecule has 1 unspecified atom stereocenters. The van der Waals surface area contributed by atoms with E-state index >= 15 is 0 Å². The van der Waals surface area contributed by atoms with Gasteiger partial charge >= 0.3 is 0 Å². The number of rotatable bonds is 1. The first-order chi connectivity index (χ1) is 13.0. The minimum atomic E-state index is -0.560. The number of amides is 1. The predicted molar refractivity (Wildman–Crippen MR) is 110 cm³/mol. The van der Waals surface area contributed by atoms with E-state index < -0.39 is 6.39 Å². The largest absolute Gasteiger partial charge is 0.345 e. The Balaban J connectivity index is 1.79. The Labute approximate surface area is 172 Å². The van der Waals surface area contributed by atoms with E-state index in [-0.39, 0.29) is 5.92 Å². The monoisotopic (exact) mass is 478 g/mol. The molecule has 1 aromatic carbocycles. The van der Waals surface area contributed by atoms with Crippen LogP contribution >= 0.6 is 31.9 Å². The Bertz CT molecular complexity index is 894. The van der Waals surface area contributed by atoms with Crippen molar-refractivity contribution in [3.63, 3.8) is 0 Å². The number of aryl methyl sites for hydroxylation is 2. The molecule has 2 heterocycles. The first-order valence-electron chi connectivity index (χ1n) is 9.63. The average molecular weight is 480 g/mol. The van der Waals surface area contributed by atoms with Crippen molar-refractivity contribution in [1.29, 1.82) is 0 Å². The lowest BCUT2D eigenvalue weighted by Gasteiger charge is -2.35. The molecule has 2 aromatic rings. The molecule has 3 nitrogen and oxygen atoms in total. The summed E-state index contributed by atoms with van der Waals surface area (Å²) < 4.78 is 9.63. The molecule has 136 valence electrons. The minimum Gasteiger partial charge on any atom is -0.345 e. The van der Waals surface area contributed by atoms with Gasteiger partial charge in [-0.1, -0.05) is 28.1 Å². The van der Waals surface area contributed by atoms with Crippen LogP contribution in [0.15, 0.2) is 33.3 Å². The molecule has 1 aromatic heterocycles. The van der Waals surface area contributed by atoms with Gasteiger partial charge in [0.1, 0.15) is 1.37 Å². The first kappa shape index (κ1) is 16.9. The van der Waals surface area contributed by atoms with Crippen molar-refractivity contribution in [2.75, 3.05) is 13.1 Å². The maximum absolute atomic E-state index is 11.4. The molecule has 0 spiro atoms. The first-order valence-corrected chi connectivity index (χ1v) is 10.7. The summed E-state index contributed by atoms with van der Waals surface area (Å²) in [6.45, 7) is 3.47. The molecular weight excluding hydrogens is 456 g/mol. The molecule has 0 saturated carbocycles. The minimum absolute atomic E-state index is 0.241. The summed E-state index contributed by atoms with van der Waals surface area (Å²) in [6, 6.07) is 6.69. The lowest BCUT2D eigenvalue weighted by Crippen LogP contribution is -2.35. The van der Waals surface area contributed by atoms with Gasteiger partial charge in [0.15, 0.2) is 0 Å². The van der Waals surface area contributed by atoms with Gasteiger partial charge in [-0.25, -0.2) is 0 Å². The number of pyridine rings is 1. The number of likely N-dealkylation sites (tertiary alicyclic amines) is 1. The lowest BCUT2D eigenvalue weighted by molar-refractivity contribution is -0.119. The van der Waals surface area contributed by atoms with Crippen molar-refractivity contribution in [2.24, 2.45) is 5.92 Å². The second-order valence-electron chi connectivity index (χ2n) is 7.36. The number of aromatic nitrogens is 1. The fourth-order valence-electron chi connectivity index (χ4n) is 4.48. The zero-order chi connectivity index (χ0) is 19.1. The topological polar surface area (TPSA) is 33.2 Å². The number of hydrogen-bond acceptors (Lipinski definition) is 2. The summed E-state index contributed by atoms with van der Waals surface area (Å²) in [5.41, 5.74) is 6.53. The molecule has 0 bridgehead atoms. The fourth-order valence-corrected chi connectivity index (χ4v) is 5.42. The second-order valence-corrected chi connectivity index (χ2v) is 9.06. The van der Waals surface area contributed by atoms with Crippen molar-refractivity contribution in [3.05, 3.63) is 61.3 Å². The molecule has 1 saturated heterocycles. The molecule has 0 radical (unpaired) electrons. The fraction of sp³-hybridized carbons (Fsp3) is 0.429. The van der Waals surface area contributed by atoms with Gasteiger partial charge in [0, 0.05) is 34.1 Å². The van der Waals surface area contributed by atoms with Crippen LogP contribution < -0.4 is 0 Å². The number of fused-ring (bicyclic) bond motifs is 2. The number of benzene rings is 1. The highest BCUT2D eigenvalue weighted by molar-refractivity contribution is 9.10. The zero-order valence-corrected chi connectivity index (χ0v) is 17.9. The number of hydrogen-bond donors (Lipinski definition) is 0. The van der Waals surface area contributed by atoms with Gasteiger partial charge in [-0.2, -0.15) is 0 Å². The maximum atomic E-state index is 11.4. The zero-order valence-electron chi connectivity index (χ0n) is 15.8. The summed E-state index contributed by atoms with van der Waals surface area (Å²) in [7, 11) is 0. The van der Waals surface area contributed by atoms with Crippen molar-refractivity contribution >= 4 is 38.2 Å². The highest BCUT2D eigenvalue weighted by atomic mass is 79.9. The summed E-state index contributed by atoms with van der Waals surface area (Å²) in [4.78, 5) is 17.9. The van der Waals surface area contributed by atoms with Gasteiger partial charge in [0.2, 0.25) is 6.39 Å².